The Morgan fingerprint density at radius 2 is 2.30 bits per heavy atom. The zero-order valence-corrected chi connectivity index (χ0v) is 6.07. The van der Waals surface area contributed by atoms with E-state index in [1.807, 2.05) is 0 Å². The molecule has 0 aliphatic rings. The van der Waals surface area contributed by atoms with Gasteiger partial charge in [0.15, 0.2) is 0 Å². The maximum Gasteiger partial charge on any atom is 0.407 e. The van der Waals surface area contributed by atoms with Crippen LogP contribution in [-0.2, 0) is 4.79 Å². The zero-order chi connectivity index (χ0) is 8.15. The Morgan fingerprint density at radius 1 is 1.80 bits per heavy atom. The van der Waals surface area contributed by atoms with Crippen molar-refractivity contribution in [3.8, 4) is 0 Å². The van der Waals surface area contributed by atoms with Gasteiger partial charge in [0.05, 0.1) is 6.04 Å². The number of likely N-dealkylation sites (N-methyl/N-ethyl adjacent to an activating group) is 1. The van der Waals surface area contributed by atoms with E-state index in [0.717, 1.165) is 4.90 Å². The average molecular weight is 145 g/mol. The molecule has 0 aliphatic heterocycles. The molecule has 0 saturated carbocycles. The van der Waals surface area contributed by atoms with E-state index in [4.69, 9.17) is 5.11 Å². The van der Waals surface area contributed by atoms with Gasteiger partial charge in [-0.05, 0) is 6.42 Å². The van der Waals surface area contributed by atoms with Gasteiger partial charge in [-0.25, -0.2) is 4.79 Å². The van der Waals surface area contributed by atoms with Crippen molar-refractivity contribution in [1.29, 1.82) is 0 Å². The predicted molar refractivity (Wildman–Crippen MR) is 35.9 cm³/mol. The van der Waals surface area contributed by atoms with E-state index in [-0.39, 0.29) is 0 Å². The number of rotatable bonds is 3. The molecule has 0 aromatic carbocycles. The van der Waals surface area contributed by atoms with E-state index in [0.29, 0.717) is 12.7 Å². The minimum atomic E-state index is -1.07. The van der Waals surface area contributed by atoms with Crippen LogP contribution in [0.25, 0.3) is 0 Å². The molecule has 0 spiro atoms. The van der Waals surface area contributed by atoms with Gasteiger partial charge in [-0.15, -0.1) is 0 Å². The van der Waals surface area contributed by atoms with Gasteiger partial charge in [0, 0.05) is 7.05 Å². The second-order valence-electron chi connectivity index (χ2n) is 2.01. The molecule has 1 N–H and O–H groups in total. The normalized spacial score (nSPS) is 12.2. The monoisotopic (exact) mass is 145 g/mol. The minimum Gasteiger partial charge on any atom is -0.465 e. The molecule has 1 amide bonds. The molecule has 58 valence electrons. The van der Waals surface area contributed by atoms with Crippen LogP contribution >= 0.6 is 0 Å². The van der Waals surface area contributed by atoms with Crippen molar-refractivity contribution >= 4 is 12.4 Å². The Hall–Kier alpha value is -1.06. The number of carbonyl (C=O) groups excluding carboxylic acids is 1. The molecule has 1 unspecified atom stereocenters. The van der Waals surface area contributed by atoms with Crippen LogP contribution in [0.15, 0.2) is 0 Å². The molecule has 0 aromatic rings. The standard InChI is InChI=1S/C6H11NO3/c1-3-5(4-8)7(2)6(9)10/h4-5H,3H2,1-2H3,(H,9,10). The van der Waals surface area contributed by atoms with Crippen LogP contribution in [-0.4, -0.2) is 35.5 Å². The molecule has 4 nitrogen and oxygen atoms in total. The highest BCUT2D eigenvalue weighted by molar-refractivity contribution is 5.71. The number of amides is 1. The number of nitrogens with zero attached hydrogens (tertiary/aromatic N) is 1. The Kier molecular flexibility index (Phi) is 3.46. The SMILES string of the molecule is CCC(C=O)N(C)C(=O)O. The molecule has 0 saturated heterocycles. The summed E-state index contributed by atoms with van der Waals surface area (Å²) in [5, 5.41) is 8.38. The first kappa shape index (κ1) is 8.94. The molecular weight excluding hydrogens is 134 g/mol. The van der Waals surface area contributed by atoms with Crippen molar-refractivity contribution in [3.05, 3.63) is 0 Å². The van der Waals surface area contributed by atoms with Crippen LogP contribution in [0, 0.1) is 0 Å². The molecule has 0 radical (unpaired) electrons. The third-order valence-electron chi connectivity index (χ3n) is 1.37. The maximum atomic E-state index is 10.2. The molecule has 0 aromatic heterocycles. The van der Waals surface area contributed by atoms with Crippen molar-refractivity contribution in [1.82, 2.24) is 4.90 Å². The number of aldehydes is 1. The summed E-state index contributed by atoms with van der Waals surface area (Å²) in [6.45, 7) is 1.76. The van der Waals surface area contributed by atoms with E-state index in [1.54, 1.807) is 6.92 Å². The molecule has 0 bridgehead atoms. The lowest BCUT2D eigenvalue weighted by Gasteiger charge is -2.18. The lowest BCUT2D eigenvalue weighted by atomic mass is 10.2. The molecular formula is C6H11NO3. The number of carboxylic acid groups (broad SMARTS) is 1. The number of hydrogen-bond acceptors (Lipinski definition) is 2. The first-order chi connectivity index (χ1) is 4.63. The van der Waals surface area contributed by atoms with E-state index in [9.17, 15) is 9.59 Å². The molecule has 4 heteroatoms. The van der Waals surface area contributed by atoms with Gasteiger partial charge in [0.25, 0.3) is 0 Å². The van der Waals surface area contributed by atoms with Crippen LogP contribution in [0.4, 0.5) is 4.79 Å². The molecule has 10 heavy (non-hydrogen) atoms. The Labute approximate surface area is 59.4 Å². The second kappa shape index (κ2) is 3.87. The quantitative estimate of drug-likeness (QED) is 0.591. The van der Waals surface area contributed by atoms with Crippen molar-refractivity contribution < 1.29 is 14.7 Å². The topological polar surface area (TPSA) is 57.6 Å². The van der Waals surface area contributed by atoms with Gasteiger partial charge in [0.1, 0.15) is 6.29 Å². The van der Waals surface area contributed by atoms with Crippen LogP contribution in [0.1, 0.15) is 13.3 Å². The predicted octanol–water partition coefficient (Wildman–Crippen LogP) is 0.574. The summed E-state index contributed by atoms with van der Waals surface area (Å²) in [4.78, 5) is 21.4. The Bertz CT molecular complexity index is 135. The highest BCUT2D eigenvalue weighted by Gasteiger charge is 2.15. The van der Waals surface area contributed by atoms with Gasteiger partial charge in [0.2, 0.25) is 0 Å². The van der Waals surface area contributed by atoms with Crippen molar-refractivity contribution in [2.24, 2.45) is 0 Å². The summed E-state index contributed by atoms with van der Waals surface area (Å²) in [5.41, 5.74) is 0. The van der Waals surface area contributed by atoms with Crippen LogP contribution < -0.4 is 0 Å². The molecule has 0 rings (SSSR count). The van der Waals surface area contributed by atoms with Gasteiger partial charge in [-0.1, -0.05) is 6.92 Å². The summed E-state index contributed by atoms with van der Waals surface area (Å²) in [6.07, 6.45) is 0.0828. The fourth-order valence-electron chi connectivity index (χ4n) is 0.603. The van der Waals surface area contributed by atoms with Crippen molar-refractivity contribution in [3.63, 3.8) is 0 Å². The molecule has 1 atom stereocenters. The summed E-state index contributed by atoms with van der Waals surface area (Å²) in [5.74, 6) is 0. The average Bonchev–Trinajstić information content (AvgIpc) is 1.90. The van der Waals surface area contributed by atoms with Gasteiger partial charge >= 0.3 is 6.09 Å². The Balaban J connectivity index is 4.00. The Morgan fingerprint density at radius 3 is 2.40 bits per heavy atom. The van der Waals surface area contributed by atoms with Crippen molar-refractivity contribution in [2.45, 2.75) is 19.4 Å². The van der Waals surface area contributed by atoms with E-state index >= 15 is 0 Å². The van der Waals surface area contributed by atoms with E-state index in [2.05, 4.69) is 0 Å². The first-order valence-electron chi connectivity index (χ1n) is 3.04. The highest BCUT2D eigenvalue weighted by atomic mass is 16.4. The zero-order valence-electron chi connectivity index (χ0n) is 6.07. The first-order valence-corrected chi connectivity index (χ1v) is 3.04. The van der Waals surface area contributed by atoms with Gasteiger partial charge < -0.3 is 14.8 Å². The smallest absolute Gasteiger partial charge is 0.407 e. The van der Waals surface area contributed by atoms with Crippen LogP contribution in [0.3, 0.4) is 0 Å². The fraction of sp³-hybridized carbons (Fsp3) is 0.667. The van der Waals surface area contributed by atoms with Crippen LogP contribution in [0.5, 0.6) is 0 Å². The summed E-state index contributed by atoms with van der Waals surface area (Å²) < 4.78 is 0. The highest BCUT2D eigenvalue weighted by Crippen LogP contribution is 1.97. The summed E-state index contributed by atoms with van der Waals surface area (Å²) in [6, 6.07) is -0.502. The van der Waals surface area contributed by atoms with Crippen LogP contribution in [0.2, 0.25) is 0 Å². The molecule has 0 heterocycles. The third-order valence-corrected chi connectivity index (χ3v) is 1.37. The summed E-state index contributed by atoms with van der Waals surface area (Å²) in [7, 11) is 1.38. The van der Waals surface area contributed by atoms with Gasteiger partial charge in [-0.3, -0.25) is 0 Å². The van der Waals surface area contributed by atoms with E-state index in [1.165, 1.54) is 7.05 Å². The molecule has 0 fully saturated rings. The summed E-state index contributed by atoms with van der Waals surface area (Å²) >= 11 is 0. The minimum absolute atomic E-state index is 0.502. The lowest BCUT2D eigenvalue weighted by Crippen LogP contribution is -2.36. The van der Waals surface area contributed by atoms with E-state index < -0.39 is 12.1 Å². The fourth-order valence-corrected chi connectivity index (χ4v) is 0.603. The second-order valence-corrected chi connectivity index (χ2v) is 2.01. The van der Waals surface area contributed by atoms with Crippen molar-refractivity contribution in [2.75, 3.05) is 7.05 Å². The maximum absolute atomic E-state index is 10.2. The third kappa shape index (κ3) is 2.05. The molecule has 0 aliphatic carbocycles. The largest absolute Gasteiger partial charge is 0.465 e. The lowest BCUT2D eigenvalue weighted by molar-refractivity contribution is -0.111. The number of hydrogen-bond donors (Lipinski definition) is 1. The number of carbonyl (C=O) groups is 2. The van der Waals surface area contributed by atoms with Gasteiger partial charge in [-0.2, -0.15) is 0 Å².